The van der Waals surface area contributed by atoms with Gasteiger partial charge in [0.2, 0.25) is 0 Å². The van der Waals surface area contributed by atoms with Crippen LogP contribution < -0.4 is 0 Å². The number of hydrogen-bond donors (Lipinski definition) is 0. The molecule has 1 heterocycles. The fourth-order valence-electron chi connectivity index (χ4n) is 4.91. The molecule has 0 unspecified atom stereocenters. The van der Waals surface area contributed by atoms with Crippen molar-refractivity contribution in [2.45, 2.75) is 77.2 Å². The van der Waals surface area contributed by atoms with Gasteiger partial charge >= 0.3 is 0 Å². The van der Waals surface area contributed by atoms with Gasteiger partial charge in [0.15, 0.2) is 0 Å². The van der Waals surface area contributed by atoms with Crippen LogP contribution in [0.2, 0.25) is 0 Å². The van der Waals surface area contributed by atoms with Crippen molar-refractivity contribution >= 4 is 11.8 Å². The van der Waals surface area contributed by atoms with Crippen LogP contribution in [0.25, 0.3) is 0 Å². The van der Waals surface area contributed by atoms with Crippen LogP contribution in [0.4, 0.5) is 0 Å². The minimum atomic E-state index is -0.161. The Morgan fingerprint density at radius 2 is 1.64 bits per heavy atom. The van der Waals surface area contributed by atoms with Gasteiger partial charge in [-0.15, -0.1) is 0 Å². The summed E-state index contributed by atoms with van der Waals surface area (Å²) in [6, 6.07) is 6.68. The van der Waals surface area contributed by atoms with Gasteiger partial charge < -0.3 is 0 Å². The van der Waals surface area contributed by atoms with Crippen LogP contribution in [0.1, 0.15) is 82.0 Å². The standard InChI is InChI=1S/C22H29NO2/c1-4-7-16-8-9-18-17(14-16)19(23-20(24)10-11-21(23)25)15-22(18,12-5-2)13-6-3/h8-11,14,19H,4-7,12-13,15H2,1-3H3/t19-/m0/s1. The fourth-order valence-corrected chi connectivity index (χ4v) is 4.91. The molecule has 25 heavy (non-hydrogen) atoms. The molecule has 1 aliphatic carbocycles. The molecule has 0 radical (unpaired) electrons. The van der Waals surface area contributed by atoms with E-state index in [0.717, 1.165) is 44.9 Å². The summed E-state index contributed by atoms with van der Waals surface area (Å²) in [5.41, 5.74) is 3.98. The molecule has 1 aliphatic heterocycles. The molecule has 0 saturated carbocycles. The number of nitrogens with zero attached hydrogens (tertiary/aromatic N) is 1. The molecule has 2 amide bonds. The number of rotatable bonds is 7. The molecule has 0 aromatic heterocycles. The van der Waals surface area contributed by atoms with Crippen LogP contribution >= 0.6 is 0 Å². The second-order valence-corrected chi connectivity index (χ2v) is 7.55. The molecule has 1 aromatic carbocycles. The van der Waals surface area contributed by atoms with E-state index in [2.05, 4.69) is 39.0 Å². The highest BCUT2D eigenvalue weighted by Crippen LogP contribution is 2.53. The molecule has 1 atom stereocenters. The Kier molecular flexibility index (Phi) is 5.12. The van der Waals surface area contributed by atoms with Crippen LogP contribution in [0, 0.1) is 0 Å². The van der Waals surface area contributed by atoms with Crippen molar-refractivity contribution in [3.05, 3.63) is 47.0 Å². The van der Waals surface area contributed by atoms with Crippen LogP contribution in [0.5, 0.6) is 0 Å². The lowest BCUT2D eigenvalue weighted by molar-refractivity contribution is -0.139. The highest BCUT2D eigenvalue weighted by molar-refractivity contribution is 6.13. The highest BCUT2D eigenvalue weighted by atomic mass is 16.2. The number of fused-ring (bicyclic) bond motifs is 1. The molecule has 0 bridgehead atoms. The van der Waals surface area contributed by atoms with E-state index in [1.54, 1.807) is 0 Å². The first-order valence-corrected chi connectivity index (χ1v) is 9.74. The lowest BCUT2D eigenvalue weighted by Crippen LogP contribution is -2.34. The number of amides is 2. The maximum Gasteiger partial charge on any atom is 0.254 e. The monoisotopic (exact) mass is 339 g/mol. The Labute approximate surface area is 151 Å². The number of carbonyl (C=O) groups is 2. The van der Waals surface area contributed by atoms with Gasteiger partial charge in [-0.05, 0) is 47.8 Å². The summed E-state index contributed by atoms with van der Waals surface area (Å²) in [6.07, 6.45) is 10.3. The molecule has 0 fully saturated rings. The predicted octanol–water partition coefficient (Wildman–Crippen LogP) is 4.85. The van der Waals surface area contributed by atoms with E-state index in [-0.39, 0.29) is 23.3 Å². The average molecular weight is 339 g/mol. The van der Waals surface area contributed by atoms with E-state index in [9.17, 15) is 9.59 Å². The number of imide groups is 1. The number of carbonyl (C=O) groups excluding carboxylic acids is 2. The summed E-state index contributed by atoms with van der Waals surface area (Å²) in [4.78, 5) is 26.2. The van der Waals surface area contributed by atoms with Gasteiger partial charge in [0, 0.05) is 12.2 Å². The van der Waals surface area contributed by atoms with Crippen molar-refractivity contribution in [3.63, 3.8) is 0 Å². The quantitative estimate of drug-likeness (QED) is 0.666. The third-order valence-electron chi connectivity index (χ3n) is 5.78. The minimum Gasteiger partial charge on any atom is -0.269 e. The average Bonchev–Trinajstić information content (AvgIpc) is 3.06. The normalized spacial score (nSPS) is 21.2. The van der Waals surface area contributed by atoms with Gasteiger partial charge in [-0.1, -0.05) is 58.2 Å². The van der Waals surface area contributed by atoms with Crippen molar-refractivity contribution in [3.8, 4) is 0 Å². The molecule has 3 heteroatoms. The second-order valence-electron chi connectivity index (χ2n) is 7.55. The topological polar surface area (TPSA) is 37.4 Å². The highest BCUT2D eigenvalue weighted by Gasteiger charge is 2.47. The van der Waals surface area contributed by atoms with Crippen molar-refractivity contribution in [1.82, 2.24) is 4.90 Å². The van der Waals surface area contributed by atoms with Crippen LogP contribution in [-0.4, -0.2) is 16.7 Å². The van der Waals surface area contributed by atoms with Crippen molar-refractivity contribution in [1.29, 1.82) is 0 Å². The van der Waals surface area contributed by atoms with Gasteiger partial charge in [-0.3, -0.25) is 14.5 Å². The lowest BCUT2D eigenvalue weighted by Gasteiger charge is -2.31. The zero-order chi connectivity index (χ0) is 18.0. The first-order valence-electron chi connectivity index (χ1n) is 9.74. The molecule has 2 aliphatic rings. The van der Waals surface area contributed by atoms with Crippen LogP contribution in [0.3, 0.4) is 0 Å². The number of aryl methyl sites for hydroxylation is 1. The van der Waals surface area contributed by atoms with Crippen LogP contribution in [-0.2, 0) is 21.4 Å². The summed E-state index contributed by atoms with van der Waals surface area (Å²) >= 11 is 0. The third-order valence-corrected chi connectivity index (χ3v) is 5.78. The van der Waals surface area contributed by atoms with E-state index in [1.807, 2.05) is 0 Å². The molecular weight excluding hydrogens is 310 g/mol. The zero-order valence-corrected chi connectivity index (χ0v) is 15.7. The van der Waals surface area contributed by atoms with Crippen molar-refractivity contribution in [2.75, 3.05) is 0 Å². The largest absolute Gasteiger partial charge is 0.269 e. The molecule has 0 N–H and O–H groups in total. The number of hydrogen-bond acceptors (Lipinski definition) is 2. The Hall–Kier alpha value is -1.90. The van der Waals surface area contributed by atoms with Crippen LogP contribution in [0.15, 0.2) is 30.4 Å². The molecule has 3 nitrogen and oxygen atoms in total. The summed E-state index contributed by atoms with van der Waals surface area (Å²) in [5.74, 6) is -0.323. The van der Waals surface area contributed by atoms with E-state index in [4.69, 9.17) is 0 Å². The zero-order valence-electron chi connectivity index (χ0n) is 15.7. The summed E-state index contributed by atoms with van der Waals surface area (Å²) in [7, 11) is 0. The van der Waals surface area contributed by atoms with E-state index in [0.29, 0.717) is 0 Å². The molecule has 0 saturated heterocycles. The minimum absolute atomic E-state index is 0.0946. The van der Waals surface area contributed by atoms with Gasteiger partial charge in [0.1, 0.15) is 0 Å². The molecule has 0 spiro atoms. The SMILES string of the molecule is CCCc1ccc2c(c1)[C@@H](N1C(=O)C=CC1=O)CC2(CCC)CCC. The Bertz CT molecular complexity index is 680. The first kappa shape index (κ1) is 17.9. The maximum absolute atomic E-state index is 12.3. The van der Waals surface area contributed by atoms with Gasteiger partial charge in [-0.25, -0.2) is 0 Å². The maximum atomic E-state index is 12.3. The second kappa shape index (κ2) is 7.15. The van der Waals surface area contributed by atoms with Gasteiger partial charge in [0.25, 0.3) is 11.8 Å². The van der Waals surface area contributed by atoms with Gasteiger partial charge in [0.05, 0.1) is 6.04 Å². The lowest BCUT2D eigenvalue weighted by atomic mass is 9.74. The van der Waals surface area contributed by atoms with Crippen molar-refractivity contribution < 1.29 is 9.59 Å². The Morgan fingerprint density at radius 3 is 2.20 bits per heavy atom. The first-order chi connectivity index (χ1) is 12.1. The van der Waals surface area contributed by atoms with E-state index in [1.165, 1.54) is 33.7 Å². The molecule has 3 rings (SSSR count). The smallest absolute Gasteiger partial charge is 0.254 e. The summed E-state index contributed by atoms with van der Waals surface area (Å²) < 4.78 is 0. The number of benzene rings is 1. The van der Waals surface area contributed by atoms with E-state index >= 15 is 0 Å². The third kappa shape index (κ3) is 3.05. The van der Waals surface area contributed by atoms with Crippen molar-refractivity contribution in [2.24, 2.45) is 0 Å². The van der Waals surface area contributed by atoms with E-state index < -0.39 is 0 Å². The molecular formula is C22H29NO2. The molecule has 134 valence electrons. The fraction of sp³-hybridized carbons (Fsp3) is 0.545. The van der Waals surface area contributed by atoms with Gasteiger partial charge in [-0.2, -0.15) is 0 Å². The predicted molar refractivity (Wildman–Crippen MR) is 100 cm³/mol. The Balaban J connectivity index is 2.08. The summed E-state index contributed by atoms with van der Waals surface area (Å²) in [5, 5.41) is 0. The molecule has 1 aromatic rings. The Morgan fingerprint density at radius 1 is 1.00 bits per heavy atom. The summed E-state index contributed by atoms with van der Waals surface area (Å²) in [6.45, 7) is 6.63.